The number of carbonyl (C=O) groups excluding carboxylic acids is 1. The van der Waals surface area contributed by atoms with Crippen LogP contribution in [0.15, 0.2) is 65.6 Å². The summed E-state index contributed by atoms with van der Waals surface area (Å²) in [5.74, 6) is 1.16. The summed E-state index contributed by atoms with van der Waals surface area (Å²) < 4.78 is 10.1. The van der Waals surface area contributed by atoms with Gasteiger partial charge in [-0.2, -0.15) is 0 Å². The molecular weight excluding hydrogens is 382 g/mol. The number of nitrogens with two attached hydrogens (primary N) is 1. The molecule has 0 radical (unpaired) electrons. The number of nitrogens with one attached hydrogen (secondary N) is 1. The number of pyridine rings is 1. The number of imidazole rings is 1. The lowest BCUT2D eigenvalue weighted by Gasteiger charge is -2.18. The molecule has 0 aliphatic carbocycles. The van der Waals surface area contributed by atoms with Crippen LogP contribution in [0.1, 0.15) is 22.0 Å². The molecule has 1 atom stereocenters. The minimum Gasteiger partial charge on any atom is -0.493 e. The molecule has 2 aromatic heterocycles. The fourth-order valence-electron chi connectivity index (χ4n) is 3.35. The fraction of sp³-hybridized carbons (Fsp3) is 0.182. The van der Waals surface area contributed by atoms with Crippen LogP contribution in [0.4, 0.5) is 0 Å². The number of rotatable bonds is 5. The lowest BCUT2D eigenvalue weighted by atomic mass is 9.98. The van der Waals surface area contributed by atoms with E-state index in [0.717, 1.165) is 22.5 Å². The Labute approximate surface area is 173 Å². The Hall–Kier alpha value is -3.94. The van der Waals surface area contributed by atoms with E-state index in [1.165, 1.54) is 7.11 Å². The first kappa shape index (κ1) is 19.4. The number of ether oxygens (including phenoxy) is 2. The quantitative estimate of drug-likeness (QED) is 0.633. The Kier molecular flexibility index (Phi) is 5.30. The predicted molar refractivity (Wildman–Crippen MR) is 113 cm³/mol. The second-order valence-corrected chi connectivity index (χ2v) is 6.72. The molecule has 3 heterocycles. The summed E-state index contributed by atoms with van der Waals surface area (Å²) >= 11 is 0. The van der Waals surface area contributed by atoms with E-state index in [0.29, 0.717) is 29.5 Å². The standard InChI is InChI=1S/C22H21N5O3/c1-29-17-11-16(12-25-20(17)23)19-18(13-7-9-24-10-8-13)26-21(27-19)14-3-5-15(6-4-14)22(28)30-2/h3-11,16H,12H2,1-2H3,(H2,23,25)(H,26,27). The molecule has 0 saturated carbocycles. The third-order valence-corrected chi connectivity index (χ3v) is 4.92. The number of methoxy groups -OCH3 is 2. The maximum Gasteiger partial charge on any atom is 0.337 e. The number of hydrogen-bond donors (Lipinski definition) is 2. The molecule has 4 rings (SSSR count). The first-order valence-corrected chi connectivity index (χ1v) is 9.36. The SMILES string of the molecule is COC(=O)c1ccc(-c2nc(-c3ccncc3)c(C3C=C(OC)C(N)=NC3)[nH]2)cc1. The molecule has 30 heavy (non-hydrogen) atoms. The number of dihydropyridines is 1. The third-order valence-electron chi connectivity index (χ3n) is 4.92. The molecule has 0 fully saturated rings. The zero-order valence-electron chi connectivity index (χ0n) is 16.6. The number of hydrogen-bond acceptors (Lipinski definition) is 7. The van der Waals surface area contributed by atoms with E-state index >= 15 is 0 Å². The van der Waals surface area contributed by atoms with Gasteiger partial charge in [0.25, 0.3) is 0 Å². The molecule has 0 amide bonds. The van der Waals surface area contributed by atoms with Crippen molar-refractivity contribution in [2.45, 2.75) is 5.92 Å². The van der Waals surface area contributed by atoms with Crippen molar-refractivity contribution in [3.05, 3.63) is 71.9 Å². The van der Waals surface area contributed by atoms with Gasteiger partial charge in [-0.15, -0.1) is 0 Å². The molecule has 8 heteroatoms. The number of esters is 1. The topological polar surface area (TPSA) is 115 Å². The summed E-state index contributed by atoms with van der Waals surface area (Å²) in [5.41, 5.74) is 9.87. The van der Waals surface area contributed by atoms with Gasteiger partial charge in [-0.25, -0.2) is 9.78 Å². The molecule has 0 bridgehead atoms. The van der Waals surface area contributed by atoms with Crippen LogP contribution in [-0.4, -0.2) is 47.5 Å². The second-order valence-electron chi connectivity index (χ2n) is 6.72. The van der Waals surface area contributed by atoms with Crippen molar-refractivity contribution in [3.63, 3.8) is 0 Å². The van der Waals surface area contributed by atoms with Crippen LogP contribution in [0, 0.1) is 0 Å². The van der Waals surface area contributed by atoms with Crippen molar-refractivity contribution >= 4 is 11.8 Å². The smallest absolute Gasteiger partial charge is 0.337 e. The highest BCUT2D eigenvalue weighted by atomic mass is 16.5. The lowest BCUT2D eigenvalue weighted by Crippen LogP contribution is -2.23. The summed E-state index contributed by atoms with van der Waals surface area (Å²) in [5, 5.41) is 0. The molecule has 1 aromatic carbocycles. The van der Waals surface area contributed by atoms with E-state index < -0.39 is 0 Å². The number of aromatic amines is 1. The highest BCUT2D eigenvalue weighted by Crippen LogP contribution is 2.33. The van der Waals surface area contributed by atoms with E-state index in [1.54, 1.807) is 31.6 Å². The first-order chi connectivity index (χ1) is 14.6. The Morgan fingerprint density at radius 3 is 2.50 bits per heavy atom. The largest absolute Gasteiger partial charge is 0.493 e. The minimum atomic E-state index is -0.381. The molecule has 152 valence electrons. The van der Waals surface area contributed by atoms with Crippen molar-refractivity contribution < 1.29 is 14.3 Å². The van der Waals surface area contributed by atoms with Crippen LogP contribution in [-0.2, 0) is 9.47 Å². The van der Waals surface area contributed by atoms with Gasteiger partial charge in [0.2, 0.25) is 0 Å². The van der Waals surface area contributed by atoms with E-state index in [9.17, 15) is 4.79 Å². The molecular formula is C22H21N5O3. The number of aliphatic imine (C=N–C) groups is 1. The average Bonchev–Trinajstić information content (AvgIpc) is 3.25. The lowest BCUT2D eigenvalue weighted by molar-refractivity contribution is 0.0600. The van der Waals surface area contributed by atoms with Crippen LogP contribution in [0.2, 0.25) is 0 Å². The monoisotopic (exact) mass is 403 g/mol. The van der Waals surface area contributed by atoms with Gasteiger partial charge in [-0.1, -0.05) is 12.1 Å². The highest BCUT2D eigenvalue weighted by molar-refractivity contribution is 5.96. The van der Waals surface area contributed by atoms with E-state index in [-0.39, 0.29) is 11.9 Å². The van der Waals surface area contributed by atoms with Gasteiger partial charge >= 0.3 is 5.97 Å². The fourth-order valence-corrected chi connectivity index (χ4v) is 3.35. The van der Waals surface area contributed by atoms with Gasteiger partial charge in [-0.05, 0) is 30.3 Å². The van der Waals surface area contributed by atoms with Crippen molar-refractivity contribution in [2.24, 2.45) is 10.7 Å². The van der Waals surface area contributed by atoms with Crippen molar-refractivity contribution in [2.75, 3.05) is 20.8 Å². The summed E-state index contributed by atoms with van der Waals surface area (Å²) in [6.45, 7) is 0.486. The second kappa shape index (κ2) is 8.20. The Bertz CT molecular complexity index is 1120. The predicted octanol–water partition coefficient (Wildman–Crippen LogP) is 2.91. The summed E-state index contributed by atoms with van der Waals surface area (Å²) in [4.78, 5) is 28.5. The number of amidine groups is 1. The Morgan fingerprint density at radius 2 is 1.83 bits per heavy atom. The molecule has 0 saturated heterocycles. The van der Waals surface area contributed by atoms with Crippen LogP contribution in [0.3, 0.4) is 0 Å². The minimum absolute atomic E-state index is 0.0778. The molecule has 3 aromatic rings. The zero-order valence-corrected chi connectivity index (χ0v) is 16.6. The van der Waals surface area contributed by atoms with Gasteiger partial charge in [0.05, 0.1) is 37.7 Å². The Balaban J connectivity index is 1.77. The number of nitrogens with zero attached hydrogens (tertiary/aromatic N) is 3. The average molecular weight is 403 g/mol. The number of benzene rings is 1. The van der Waals surface area contributed by atoms with Crippen molar-refractivity contribution in [1.82, 2.24) is 15.0 Å². The molecule has 1 aliphatic rings. The number of H-pyrrole nitrogens is 1. The molecule has 1 unspecified atom stereocenters. The van der Waals surface area contributed by atoms with E-state index in [4.69, 9.17) is 20.2 Å². The molecule has 8 nitrogen and oxygen atoms in total. The molecule has 1 aliphatic heterocycles. The van der Waals surface area contributed by atoms with Gasteiger partial charge < -0.3 is 20.2 Å². The van der Waals surface area contributed by atoms with Gasteiger partial charge in [0.15, 0.2) is 11.6 Å². The zero-order chi connectivity index (χ0) is 21.1. The van der Waals surface area contributed by atoms with Crippen LogP contribution < -0.4 is 5.73 Å². The van der Waals surface area contributed by atoms with E-state index in [1.807, 2.05) is 30.3 Å². The normalized spacial score (nSPS) is 15.9. The van der Waals surface area contributed by atoms with Gasteiger partial charge in [-0.3, -0.25) is 9.98 Å². The highest BCUT2D eigenvalue weighted by Gasteiger charge is 2.24. The number of carbonyl (C=O) groups is 1. The third kappa shape index (κ3) is 3.67. The van der Waals surface area contributed by atoms with Crippen molar-refractivity contribution in [3.8, 4) is 22.6 Å². The van der Waals surface area contributed by atoms with Crippen LogP contribution in [0.5, 0.6) is 0 Å². The molecule has 3 N–H and O–H groups in total. The van der Waals surface area contributed by atoms with Crippen molar-refractivity contribution in [1.29, 1.82) is 0 Å². The van der Waals surface area contributed by atoms with Gasteiger partial charge in [0, 0.05) is 29.4 Å². The van der Waals surface area contributed by atoms with Crippen LogP contribution >= 0.6 is 0 Å². The summed E-state index contributed by atoms with van der Waals surface area (Å²) in [6.07, 6.45) is 5.41. The molecule has 0 spiro atoms. The maximum atomic E-state index is 11.7. The Morgan fingerprint density at radius 1 is 1.10 bits per heavy atom. The number of aromatic nitrogens is 3. The van der Waals surface area contributed by atoms with E-state index in [2.05, 4.69) is 15.0 Å². The maximum absolute atomic E-state index is 11.7. The van der Waals surface area contributed by atoms with Crippen LogP contribution in [0.25, 0.3) is 22.6 Å². The summed E-state index contributed by atoms with van der Waals surface area (Å²) in [6, 6.07) is 10.9. The first-order valence-electron chi connectivity index (χ1n) is 9.36. The van der Waals surface area contributed by atoms with Gasteiger partial charge in [0.1, 0.15) is 5.82 Å². The summed E-state index contributed by atoms with van der Waals surface area (Å²) in [7, 11) is 2.93.